The Balaban J connectivity index is 1.51. The number of carboxylic acid groups (broad SMARTS) is 1. The number of thiazole rings is 1. The number of pyridine rings is 1. The molecule has 40 heavy (non-hydrogen) atoms. The van der Waals surface area contributed by atoms with Gasteiger partial charge in [0.15, 0.2) is 0 Å². The third-order valence-corrected chi connectivity index (χ3v) is 8.41. The predicted molar refractivity (Wildman–Crippen MR) is 144 cm³/mol. The van der Waals surface area contributed by atoms with Crippen LogP contribution >= 0.6 is 11.3 Å². The molecule has 0 radical (unpaired) electrons. The molecule has 1 aliphatic rings. The number of hydrogen-bond acceptors (Lipinski definition) is 8. The van der Waals surface area contributed by atoms with Crippen LogP contribution in [-0.2, 0) is 16.6 Å². The molecule has 208 valence electrons. The highest BCUT2D eigenvalue weighted by atomic mass is 32.1. The molecule has 1 saturated carbocycles. The Morgan fingerprint density at radius 1 is 1.05 bits per heavy atom. The fraction of sp³-hybridized carbons (Fsp3) is 0.321. The lowest BCUT2D eigenvalue weighted by Gasteiger charge is -2.44. The largest absolute Gasteiger partial charge is 0.481 e. The van der Waals surface area contributed by atoms with E-state index < -0.39 is 34.8 Å². The molecular formula is C28H26F3N5O3S. The third kappa shape index (κ3) is 5.68. The number of aliphatic carboxylic acids is 1. The number of benzene rings is 1. The number of rotatable bonds is 6. The lowest BCUT2D eigenvalue weighted by Crippen LogP contribution is -2.44. The van der Waals surface area contributed by atoms with Gasteiger partial charge in [0.05, 0.1) is 10.8 Å². The second kappa shape index (κ2) is 10.3. The number of carboxylic acids is 1. The topological polar surface area (TPSA) is 121 Å². The van der Waals surface area contributed by atoms with Gasteiger partial charge < -0.3 is 15.5 Å². The van der Waals surface area contributed by atoms with Crippen LogP contribution in [0, 0.1) is 11.3 Å². The lowest BCUT2D eigenvalue weighted by molar-refractivity contribution is -0.154. The first-order chi connectivity index (χ1) is 18.8. The minimum Gasteiger partial charge on any atom is -0.481 e. The molecule has 0 unspecified atom stereocenters. The Morgan fingerprint density at radius 2 is 1.77 bits per heavy atom. The number of aliphatic hydroxyl groups is 1. The minimum atomic E-state index is -4.61. The molecule has 1 fully saturated rings. The standard InChI is InChI=1S/C28H26F3N5O3S/c1-26(2)15-27(39,7-3-20(26)23(37)38)24-34-14-21(40-24)18-11-17(16-4-8-32-9-5-16)12-19(13-18)35-25-33-10-6-22(36-25)28(29,30)31/h4-6,8-14,20,39H,3,7,15H2,1-2H3,(H,37,38)(H,33,35,36)/t20-,27+/m0/s1. The van der Waals surface area contributed by atoms with Gasteiger partial charge in [0.2, 0.25) is 5.95 Å². The van der Waals surface area contributed by atoms with Crippen molar-refractivity contribution in [2.24, 2.45) is 11.3 Å². The van der Waals surface area contributed by atoms with E-state index in [0.717, 1.165) is 33.8 Å². The normalized spacial score (nSPS) is 20.7. The molecule has 8 nitrogen and oxygen atoms in total. The molecule has 12 heteroatoms. The van der Waals surface area contributed by atoms with E-state index in [1.165, 1.54) is 11.3 Å². The number of anilines is 2. The molecule has 1 aromatic carbocycles. The third-order valence-electron chi connectivity index (χ3n) is 7.17. The van der Waals surface area contributed by atoms with E-state index in [0.29, 0.717) is 17.1 Å². The molecule has 0 amide bonds. The van der Waals surface area contributed by atoms with Gasteiger partial charge in [-0.3, -0.25) is 9.78 Å². The molecule has 3 N–H and O–H groups in total. The van der Waals surface area contributed by atoms with Gasteiger partial charge in [-0.25, -0.2) is 15.0 Å². The minimum absolute atomic E-state index is 0.204. The van der Waals surface area contributed by atoms with E-state index in [-0.39, 0.29) is 18.8 Å². The summed E-state index contributed by atoms with van der Waals surface area (Å²) in [6.45, 7) is 3.69. The second-order valence-corrected chi connectivity index (χ2v) is 11.6. The van der Waals surface area contributed by atoms with E-state index in [1.807, 2.05) is 32.0 Å². The van der Waals surface area contributed by atoms with Crippen LogP contribution in [0.5, 0.6) is 0 Å². The summed E-state index contributed by atoms with van der Waals surface area (Å²) in [6, 6.07) is 9.87. The van der Waals surface area contributed by atoms with Crippen LogP contribution in [0.25, 0.3) is 21.6 Å². The fourth-order valence-corrected chi connectivity index (χ4v) is 6.28. The number of aromatic nitrogens is 4. The van der Waals surface area contributed by atoms with Crippen molar-refractivity contribution in [1.29, 1.82) is 0 Å². The molecule has 3 aromatic heterocycles. The molecule has 0 bridgehead atoms. The van der Waals surface area contributed by atoms with Crippen molar-refractivity contribution in [2.45, 2.75) is 44.9 Å². The van der Waals surface area contributed by atoms with E-state index in [2.05, 4.69) is 25.3 Å². The number of alkyl halides is 3. The summed E-state index contributed by atoms with van der Waals surface area (Å²) >= 11 is 1.30. The van der Waals surface area contributed by atoms with Gasteiger partial charge in [-0.05, 0) is 77.8 Å². The van der Waals surface area contributed by atoms with Crippen LogP contribution in [-0.4, -0.2) is 36.1 Å². The first-order valence-corrected chi connectivity index (χ1v) is 13.3. The van der Waals surface area contributed by atoms with E-state index in [1.54, 1.807) is 30.7 Å². The van der Waals surface area contributed by atoms with Gasteiger partial charge in [-0.1, -0.05) is 13.8 Å². The zero-order valence-corrected chi connectivity index (χ0v) is 22.4. The SMILES string of the molecule is CC1(C)C[C@@](O)(c2ncc(-c3cc(Nc4nccc(C(F)(F)F)n4)cc(-c4ccncc4)c3)s2)CC[C@H]1C(=O)O. The monoisotopic (exact) mass is 569 g/mol. The Bertz CT molecular complexity index is 1540. The maximum atomic E-state index is 13.2. The molecule has 0 spiro atoms. The quantitative estimate of drug-likeness (QED) is 0.240. The van der Waals surface area contributed by atoms with Crippen molar-refractivity contribution in [1.82, 2.24) is 19.9 Å². The van der Waals surface area contributed by atoms with Gasteiger partial charge in [-0.2, -0.15) is 13.2 Å². The Morgan fingerprint density at radius 3 is 2.45 bits per heavy atom. The van der Waals surface area contributed by atoms with Crippen LogP contribution < -0.4 is 5.32 Å². The summed E-state index contributed by atoms with van der Waals surface area (Å²) in [5.74, 6) is -1.63. The molecule has 2 atom stereocenters. The molecular weight excluding hydrogens is 543 g/mol. The summed E-state index contributed by atoms with van der Waals surface area (Å²) in [7, 11) is 0. The number of nitrogens with zero attached hydrogens (tertiary/aromatic N) is 4. The summed E-state index contributed by atoms with van der Waals surface area (Å²) in [6.07, 6.45) is 2.21. The summed E-state index contributed by atoms with van der Waals surface area (Å²) in [4.78, 5) is 28.6. The highest BCUT2D eigenvalue weighted by Gasteiger charge is 2.49. The maximum absolute atomic E-state index is 13.2. The Kier molecular flexibility index (Phi) is 7.09. The molecule has 3 heterocycles. The van der Waals surface area contributed by atoms with Crippen molar-refractivity contribution in [2.75, 3.05) is 5.32 Å². The smallest absolute Gasteiger partial charge is 0.433 e. The van der Waals surface area contributed by atoms with Crippen LogP contribution in [0.15, 0.2) is 61.2 Å². The highest BCUT2D eigenvalue weighted by molar-refractivity contribution is 7.15. The van der Waals surface area contributed by atoms with Gasteiger partial charge in [0, 0.05) is 30.5 Å². The fourth-order valence-electron chi connectivity index (χ4n) is 5.26. The molecule has 4 aromatic rings. The van der Waals surface area contributed by atoms with Gasteiger partial charge in [0.1, 0.15) is 16.3 Å². The Labute approximate surface area is 232 Å². The van der Waals surface area contributed by atoms with Crippen molar-refractivity contribution in [3.8, 4) is 21.6 Å². The number of hydrogen-bond donors (Lipinski definition) is 3. The van der Waals surface area contributed by atoms with E-state index >= 15 is 0 Å². The van der Waals surface area contributed by atoms with Crippen LogP contribution in [0.4, 0.5) is 24.8 Å². The molecule has 0 saturated heterocycles. The van der Waals surface area contributed by atoms with E-state index in [4.69, 9.17) is 0 Å². The van der Waals surface area contributed by atoms with Crippen molar-refractivity contribution in [3.05, 3.63) is 71.9 Å². The zero-order chi connectivity index (χ0) is 28.7. The van der Waals surface area contributed by atoms with Crippen LogP contribution in [0.3, 0.4) is 0 Å². The molecule has 0 aliphatic heterocycles. The first-order valence-electron chi connectivity index (χ1n) is 12.5. The van der Waals surface area contributed by atoms with Crippen molar-refractivity contribution in [3.63, 3.8) is 0 Å². The molecule has 5 rings (SSSR count). The van der Waals surface area contributed by atoms with Crippen molar-refractivity contribution < 1.29 is 28.2 Å². The average Bonchev–Trinajstić information content (AvgIpc) is 3.40. The average molecular weight is 570 g/mol. The predicted octanol–water partition coefficient (Wildman–Crippen LogP) is 6.52. The second-order valence-electron chi connectivity index (χ2n) is 10.6. The summed E-state index contributed by atoms with van der Waals surface area (Å²) in [5.41, 5.74) is -0.179. The number of carbonyl (C=O) groups is 1. The van der Waals surface area contributed by atoms with Gasteiger partial charge in [-0.15, -0.1) is 11.3 Å². The van der Waals surface area contributed by atoms with Gasteiger partial charge in [0.25, 0.3) is 0 Å². The van der Waals surface area contributed by atoms with Gasteiger partial charge >= 0.3 is 12.1 Å². The Hall–Kier alpha value is -3.90. The number of nitrogens with one attached hydrogen (secondary N) is 1. The van der Waals surface area contributed by atoms with E-state index in [9.17, 15) is 28.2 Å². The summed E-state index contributed by atoms with van der Waals surface area (Å²) < 4.78 is 39.6. The molecule has 1 aliphatic carbocycles. The van der Waals surface area contributed by atoms with Crippen LogP contribution in [0.2, 0.25) is 0 Å². The summed E-state index contributed by atoms with van der Waals surface area (Å²) in [5, 5.41) is 24.5. The van der Waals surface area contributed by atoms with Crippen LogP contribution in [0.1, 0.15) is 43.8 Å². The maximum Gasteiger partial charge on any atom is 0.433 e. The van der Waals surface area contributed by atoms with Crippen molar-refractivity contribution >= 4 is 28.9 Å². The number of halogens is 3. The first kappa shape index (κ1) is 27.7. The lowest BCUT2D eigenvalue weighted by atomic mass is 9.63. The zero-order valence-electron chi connectivity index (χ0n) is 21.6. The highest BCUT2D eigenvalue weighted by Crippen LogP contribution is 2.51.